The molecule has 0 radical (unpaired) electrons. The molecule has 1 aromatic rings. The van der Waals surface area contributed by atoms with Crippen molar-refractivity contribution in [3.8, 4) is 0 Å². The smallest absolute Gasteiger partial charge is 0.00797 e. The lowest BCUT2D eigenvalue weighted by Gasteiger charge is -2.20. The molecule has 0 bridgehead atoms. The second-order valence-electron chi connectivity index (χ2n) is 3.94. The van der Waals surface area contributed by atoms with Gasteiger partial charge in [-0.15, -0.1) is 0 Å². The Morgan fingerprint density at radius 1 is 1.13 bits per heavy atom. The summed E-state index contributed by atoms with van der Waals surface area (Å²) in [4.78, 5) is 0. The number of hydrogen-bond acceptors (Lipinski definition) is 0. The van der Waals surface area contributed by atoms with Crippen LogP contribution in [0, 0.1) is 0 Å². The Bertz CT molecular complexity index is 422. The Hall–Kier alpha value is -1.30. The first-order chi connectivity index (χ1) is 7.36. The van der Waals surface area contributed by atoms with Gasteiger partial charge in [0.25, 0.3) is 0 Å². The van der Waals surface area contributed by atoms with Crippen LogP contribution in [0.5, 0.6) is 0 Å². The van der Waals surface area contributed by atoms with Crippen LogP contribution in [0.25, 0.3) is 11.6 Å². The standard InChI is InChI=1S/C13H12.C2H6/c1-9-5-6-11-8-7-10-3-2-4-12(9)13(10)11;1-2/h2-4,6-9H,5H2,1H3;1-2H3. The Balaban J connectivity index is 0.000000404. The van der Waals surface area contributed by atoms with Gasteiger partial charge >= 0.3 is 0 Å². The van der Waals surface area contributed by atoms with Gasteiger partial charge in [0.2, 0.25) is 0 Å². The van der Waals surface area contributed by atoms with Crippen molar-refractivity contribution in [1.29, 1.82) is 0 Å². The van der Waals surface area contributed by atoms with E-state index in [1.165, 1.54) is 28.7 Å². The Labute approximate surface area is 92.3 Å². The van der Waals surface area contributed by atoms with Crippen molar-refractivity contribution in [2.24, 2.45) is 0 Å². The quantitative estimate of drug-likeness (QED) is 0.570. The van der Waals surface area contributed by atoms with Gasteiger partial charge in [0.15, 0.2) is 0 Å². The van der Waals surface area contributed by atoms with Crippen LogP contribution < -0.4 is 0 Å². The largest absolute Gasteiger partial charge is 0.0760 e. The van der Waals surface area contributed by atoms with Crippen molar-refractivity contribution >= 4 is 11.6 Å². The van der Waals surface area contributed by atoms with Crippen LogP contribution >= 0.6 is 0 Å². The normalized spacial score (nSPS) is 20.2. The highest BCUT2D eigenvalue weighted by molar-refractivity contribution is 5.92. The predicted molar refractivity (Wildman–Crippen MR) is 67.8 cm³/mol. The minimum Gasteiger partial charge on any atom is -0.0760 e. The van der Waals surface area contributed by atoms with Gasteiger partial charge in [-0.25, -0.2) is 0 Å². The summed E-state index contributed by atoms with van der Waals surface area (Å²) in [5, 5.41) is 0. The molecule has 2 aliphatic rings. The van der Waals surface area contributed by atoms with Crippen LogP contribution in [0.3, 0.4) is 0 Å². The second kappa shape index (κ2) is 4.06. The molecular formula is C15H18. The molecule has 3 rings (SSSR count). The molecule has 1 unspecified atom stereocenters. The summed E-state index contributed by atoms with van der Waals surface area (Å²) < 4.78 is 0. The molecule has 0 N–H and O–H groups in total. The summed E-state index contributed by atoms with van der Waals surface area (Å²) in [7, 11) is 0. The van der Waals surface area contributed by atoms with Crippen LogP contribution in [0.1, 0.15) is 49.8 Å². The highest BCUT2D eigenvalue weighted by atomic mass is 14.3. The van der Waals surface area contributed by atoms with Gasteiger partial charge < -0.3 is 0 Å². The van der Waals surface area contributed by atoms with Crippen molar-refractivity contribution in [2.45, 2.75) is 33.1 Å². The van der Waals surface area contributed by atoms with Crippen LogP contribution in [0.15, 0.2) is 30.4 Å². The third kappa shape index (κ3) is 1.54. The fourth-order valence-corrected chi connectivity index (χ4v) is 2.34. The van der Waals surface area contributed by atoms with E-state index in [9.17, 15) is 0 Å². The van der Waals surface area contributed by atoms with Crippen molar-refractivity contribution in [3.63, 3.8) is 0 Å². The summed E-state index contributed by atoms with van der Waals surface area (Å²) in [6.07, 6.45) is 8.01. The minimum absolute atomic E-state index is 0.693. The molecule has 1 aromatic carbocycles. The Morgan fingerprint density at radius 2 is 1.93 bits per heavy atom. The SMILES string of the molecule is CC.CC1CC=C2C=Cc3cccc1c32. The van der Waals surface area contributed by atoms with Gasteiger partial charge in [0, 0.05) is 0 Å². The Kier molecular flexibility index (Phi) is 2.77. The number of hydrogen-bond donors (Lipinski definition) is 0. The second-order valence-corrected chi connectivity index (χ2v) is 3.94. The minimum atomic E-state index is 0.693. The molecule has 0 nitrogen and oxygen atoms in total. The molecule has 0 fully saturated rings. The maximum Gasteiger partial charge on any atom is -0.00797 e. The first kappa shape index (κ1) is 10.2. The lowest BCUT2D eigenvalue weighted by molar-refractivity contribution is 0.769. The summed E-state index contributed by atoms with van der Waals surface area (Å²) in [5.41, 5.74) is 5.85. The van der Waals surface area contributed by atoms with E-state index in [1.54, 1.807) is 0 Å². The van der Waals surface area contributed by atoms with E-state index in [1.807, 2.05) is 13.8 Å². The Morgan fingerprint density at radius 3 is 2.73 bits per heavy atom. The average molecular weight is 198 g/mol. The van der Waals surface area contributed by atoms with Crippen molar-refractivity contribution in [3.05, 3.63) is 47.0 Å². The van der Waals surface area contributed by atoms with Crippen molar-refractivity contribution < 1.29 is 0 Å². The first-order valence-corrected chi connectivity index (χ1v) is 5.88. The molecule has 0 saturated heterocycles. The summed E-state index contributed by atoms with van der Waals surface area (Å²) >= 11 is 0. The van der Waals surface area contributed by atoms with E-state index in [-0.39, 0.29) is 0 Å². The summed E-state index contributed by atoms with van der Waals surface area (Å²) in [6.45, 7) is 6.31. The fourth-order valence-electron chi connectivity index (χ4n) is 2.34. The van der Waals surface area contributed by atoms with E-state index in [0.717, 1.165) is 0 Å². The van der Waals surface area contributed by atoms with E-state index >= 15 is 0 Å². The molecule has 0 saturated carbocycles. The third-order valence-electron chi connectivity index (χ3n) is 3.08. The van der Waals surface area contributed by atoms with Crippen molar-refractivity contribution in [2.75, 3.05) is 0 Å². The highest BCUT2D eigenvalue weighted by Gasteiger charge is 2.21. The van der Waals surface area contributed by atoms with Crippen LogP contribution in [0.4, 0.5) is 0 Å². The van der Waals surface area contributed by atoms with E-state index in [0.29, 0.717) is 5.92 Å². The van der Waals surface area contributed by atoms with Crippen molar-refractivity contribution in [1.82, 2.24) is 0 Å². The van der Waals surface area contributed by atoms with E-state index < -0.39 is 0 Å². The van der Waals surface area contributed by atoms with Crippen LogP contribution in [-0.4, -0.2) is 0 Å². The predicted octanol–water partition coefficient (Wildman–Crippen LogP) is 4.63. The molecule has 78 valence electrons. The average Bonchev–Trinajstić information content (AvgIpc) is 2.71. The zero-order valence-electron chi connectivity index (χ0n) is 9.75. The lowest BCUT2D eigenvalue weighted by atomic mass is 9.84. The molecule has 0 spiro atoms. The highest BCUT2D eigenvalue weighted by Crippen LogP contribution is 2.40. The number of rotatable bonds is 0. The van der Waals surface area contributed by atoms with Gasteiger partial charge in [-0.05, 0) is 34.6 Å². The fraction of sp³-hybridized carbons (Fsp3) is 0.333. The summed E-state index contributed by atoms with van der Waals surface area (Å²) in [5.74, 6) is 0.693. The zero-order valence-corrected chi connectivity index (χ0v) is 9.75. The molecule has 0 aromatic heterocycles. The first-order valence-electron chi connectivity index (χ1n) is 5.88. The number of benzene rings is 1. The topological polar surface area (TPSA) is 0 Å². The lowest BCUT2D eigenvalue weighted by Crippen LogP contribution is -2.02. The van der Waals surface area contributed by atoms with Gasteiger partial charge in [0.1, 0.15) is 0 Å². The van der Waals surface area contributed by atoms with Crippen LogP contribution in [-0.2, 0) is 0 Å². The molecular weight excluding hydrogens is 180 g/mol. The monoisotopic (exact) mass is 198 g/mol. The third-order valence-corrected chi connectivity index (χ3v) is 3.08. The van der Waals surface area contributed by atoms with Crippen LogP contribution in [0.2, 0.25) is 0 Å². The van der Waals surface area contributed by atoms with E-state index in [2.05, 4.69) is 43.4 Å². The maximum absolute atomic E-state index is 2.36. The molecule has 0 amide bonds. The van der Waals surface area contributed by atoms with E-state index in [4.69, 9.17) is 0 Å². The molecule has 0 heteroatoms. The van der Waals surface area contributed by atoms with Gasteiger partial charge in [-0.3, -0.25) is 0 Å². The maximum atomic E-state index is 2.36. The van der Waals surface area contributed by atoms with Gasteiger partial charge in [0.05, 0.1) is 0 Å². The van der Waals surface area contributed by atoms with Gasteiger partial charge in [-0.2, -0.15) is 0 Å². The number of allylic oxidation sites excluding steroid dienone is 3. The molecule has 2 aliphatic carbocycles. The zero-order chi connectivity index (χ0) is 10.8. The molecule has 0 heterocycles. The summed E-state index contributed by atoms with van der Waals surface area (Å²) in [6, 6.07) is 6.64. The molecule has 1 atom stereocenters. The molecule has 0 aliphatic heterocycles. The van der Waals surface area contributed by atoms with Gasteiger partial charge in [-0.1, -0.05) is 57.2 Å². The molecule has 15 heavy (non-hydrogen) atoms.